The first-order valence-electron chi connectivity index (χ1n) is 13.1. The lowest BCUT2D eigenvalue weighted by Gasteiger charge is -2.35. The van der Waals surface area contributed by atoms with E-state index in [2.05, 4.69) is 139 Å². The van der Waals surface area contributed by atoms with Crippen molar-refractivity contribution in [2.75, 3.05) is 0 Å². The molecule has 3 aliphatic rings. The van der Waals surface area contributed by atoms with Gasteiger partial charge in [0.25, 0.3) is 0 Å². The molecule has 2 aliphatic carbocycles. The number of nitrogens with zero attached hydrogens (tertiary/aromatic N) is 2. The molecule has 0 spiro atoms. The number of hydrogen-bond donors (Lipinski definition) is 0. The Morgan fingerprint density at radius 3 is 1.38 bits per heavy atom. The highest BCUT2D eigenvalue weighted by Crippen LogP contribution is 2.68. The first-order valence-corrected chi connectivity index (χ1v) is 13.1. The molecule has 0 aromatic heterocycles. The maximum Gasteiger partial charge on any atom is 0.0952 e. The Bertz CT molecular complexity index is 1620. The molecule has 37 heavy (non-hydrogen) atoms. The van der Waals surface area contributed by atoms with Crippen molar-refractivity contribution in [3.8, 4) is 22.3 Å². The van der Waals surface area contributed by atoms with E-state index < -0.39 is 0 Å². The Morgan fingerprint density at radius 2 is 0.838 bits per heavy atom. The summed E-state index contributed by atoms with van der Waals surface area (Å²) in [6.45, 7) is 0. The largest absolute Gasteiger partial charge is 0.282 e. The van der Waals surface area contributed by atoms with Crippen molar-refractivity contribution >= 4 is 6.21 Å². The van der Waals surface area contributed by atoms with Gasteiger partial charge >= 0.3 is 0 Å². The van der Waals surface area contributed by atoms with Gasteiger partial charge < -0.3 is 0 Å². The molecule has 5 aromatic carbocycles. The molecule has 2 heteroatoms. The van der Waals surface area contributed by atoms with Crippen molar-refractivity contribution in [3.63, 3.8) is 0 Å². The zero-order valence-corrected chi connectivity index (χ0v) is 20.4. The van der Waals surface area contributed by atoms with Crippen LogP contribution < -0.4 is 0 Å². The summed E-state index contributed by atoms with van der Waals surface area (Å²) in [5, 5.41) is 0. The predicted octanol–water partition coefficient (Wildman–Crippen LogP) is 8.35. The van der Waals surface area contributed by atoms with Crippen LogP contribution in [-0.2, 0) is 0 Å². The normalized spacial score (nSPS) is 24.4. The van der Waals surface area contributed by atoms with Gasteiger partial charge in [0.1, 0.15) is 0 Å². The molecule has 0 amide bonds. The first kappa shape index (κ1) is 20.9. The summed E-state index contributed by atoms with van der Waals surface area (Å²) in [6.07, 6.45) is 2.07. The van der Waals surface area contributed by atoms with E-state index in [1.165, 1.54) is 44.5 Å². The van der Waals surface area contributed by atoms with Crippen LogP contribution in [0.3, 0.4) is 0 Å². The van der Waals surface area contributed by atoms with Gasteiger partial charge in [0.05, 0.1) is 24.2 Å². The molecule has 2 nitrogen and oxygen atoms in total. The molecule has 5 aromatic rings. The molecule has 0 bridgehead atoms. The molecule has 1 saturated heterocycles. The molecule has 5 atom stereocenters. The molecule has 0 N–H and O–H groups in total. The van der Waals surface area contributed by atoms with Gasteiger partial charge in [-0.15, -0.1) is 0 Å². The second-order valence-electron chi connectivity index (χ2n) is 10.3. The number of rotatable bonds is 3. The van der Waals surface area contributed by atoms with Crippen LogP contribution in [0, 0.1) is 0 Å². The van der Waals surface area contributed by atoms with E-state index in [4.69, 9.17) is 4.99 Å². The molecule has 176 valence electrons. The Morgan fingerprint density at radius 1 is 0.432 bits per heavy atom. The zero-order valence-electron chi connectivity index (χ0n) is 20.4. The fourth-order valence-electron chi connectivity index (χ4n) is 6.79. The third-order valence-corrected chi connectivity index (χ3v) is 8.35. The molecular weight excluding hydrogens is 448 g/mol. The Hall–Kier alpha value is -4.27. The molecular formula is C35H26N2. The van der Waals surface area contributed by atoms with Gasteiger partial charge in [-0.2, -0.15) is 0 Å². The van der Waals surface area contributed by atoms with Crippen molar-refractivity contribution in [3.05, 3.63) is 155 Å². The van der Waals surface area contributed by atoms with Gasteiger partial charge in [0.2, 0.25) is 0 Å². The Labute approximate surface area is 217 Å². The number of hydrogen-bond acceptors (Lipinski definition) is 2. The predicted molar refractivity (Wildman–Crippen MR) is 151 cm³/mol. The number of fused-ring (bicyclic) bond motifs is 9. The summed E-state index contributed by atoms with van der Waals surface area (Å²) in [5.74, 6) is 0. The quantitative estimate of drug-likeness (QED) is 0.189. The van der Waals surface area contributed by atoms with Crippen molar-refractivity contribution in [2.24, 2.45) is 4.99 Å². The van der Waals surface area contributed by atoms with E-state index in [0.29, 0.717) is 12.1 Å². The van der Waals surface area contributed by atoms with Crippen LogP contribution in [0.5, 0.6) is 0 Å². The van der Waals surface area contributed by atoms with E-state index in [1.807, 2.05) is 0 Å². The highest BCUT2D eigenvalue weighted by molar-refractivity contribution is 5.82. The summed E-state index contributed by atoms with van der Waals surface area (Å²) in [5.41, 5.74) is 12.1. The van der Waals surface area contributed by atoms with E-state index in [-0.39, 0.29) is 12.1 Å². The molecule has 0 saturated carbocycles. The van der Waals surface area contributed by atoms with Gasteiger partial charge in [-0.1, -0.05) is 127 Å². The summed E-state index contributed by atoms with van der Waals surface area (Å²) in [6, 6.07) is 47.1. The monoisotopic (exact) mass is 474 g/mol. The summed E-state index contributed by atoms with van der Waals surface area (Å²) >= 11 is 0. The van der Waals surface area contributed by atoms with E-state index in [0.717, 1.165) is 5.56 Å². The topological polar surface area (TPSA) is 15.4 Å². The average Bonchev–Trinajstić information content (AvgIpc) is 3.72. The molecule has 0 radical (unpaired) electrons. The lowest BCUT2D eigenvalue weighted by Crippen LogP contribution is -2.23. The smallest absolute Gasteiger partial charge is 0.0952 e. The van der Waals surface area contributed by atoms with Crippen molar-refractivity contribution in [1.29, 1.82) is 0 Å². The fourth-order valence-corrected chi connectivity index (χ4v) is 6.79. The second kappa shape index (κ2) is 8.12. The average molecular weight is 475 g/mol. The summed E-state index contributed by atoms with van der Waals surface area (Å²) in [4.78, 5) is 8.07. The summed E-state index contributed by atoms with van der Waals surface area (Å²) in [7, 11) is 0. The van der Waals surface area contributed by atoms with E-state index >= 15 is 0 Å². The summed E-state index contributed by atoms with van der Waals surface area (Å²) < 4.78 is 0. The van der Waals surface area contributed by atoms with Crippen LogP contribution in [0.4, 0.5) is 0 Å². The van der Waals surface area contributed by atoms with Crippen LogP contribution >= 0.6 is 0 Å². The van der Waals surface area contributed by atoms with Crippen LogP contribution in [0.1, 0.15) is 52.0 Å². The minimum atomic E-state index is 0.0104. The zero-order chi connectivity index (χ0) is 24.3. The molecule has 1 aliphatic heterocycles. The minimum Gasteiger partial charge on any atom is -0.282 e. The van der Waals surface area contributed by atoms with Gasteiger partial charge in [-0.25, -0.2) is 0 Å². The van der Waals surface area contributed by atoms with Gasteiger partial charge in [-0.3, -0.25) is 9.89 Å². The maximum absolute atomic E-state index is 5.34. The van der Waals surface area contributed by atoms with Gasteiger partial charge in [-0.05, 0) is 50.1 Å². The van der Waals surface area contributed by atoms with Crippen molar-refractivity contribution in [1.82, 2.24) is 4.90 Å². The Kier molecular flexibility index (Phi) is 4.58. The first-order chi connectivity index (χ1) is 18.4. The van der Waals surface area contributed by atoms with Crippen molar-refractivity contribution < 1.29 is 0 Å². The standard InChI is InChI=1S/C35H26N2/c1-2-12-23(13-3-1)22-36-32-28-18-8-4-14-24(28)25-15-5-9-19-29(25)33(32)37-34-30-20-10-6-16-26(30)27-17-7-11-21-31(27)35(34)37/h1-22,32-35H/t32-,33-,34-,35+,37?/m0/s1. The molecule has 1 fully saturated rings. The lowest BCUT2D eigenvalue weighted by atomic mass is 9.79. The molecule has 8 rings (SSSR count). The van der Waals surface area contributed by atoms with Crippen molar-refractivity contribution in [2.45, 2.75) is 24.2 Å². The number of aliphatic imine (C=N–C) groups is 1. The molecule has 1 unspecified atom stereocenters. The Balaban J connectivity index is 1.33. The second-order valence-corrected chi connectivity index (χ2v) is 10.3. The van der Waals surface area contributed by atoms with Gasteiger partial charge in [0, 0.05) is 6.21 Å². The SMILES string of the molecule is C(=N[C@H]1c2ccccc2-c2ccccc2[C@@H]1N1[C@@H]2c3ccccc3-c3ccccc3[C@@H]21)c1ccccc1. The lowest BCUT2D eigenvalue weighted by molar-refractivity contribution is 0.310. The van der Waals surface area contributed by atoms with Crippen LogP contribution in [0.25, 0.3) is 22.3 Å². The third kappa shape index (κ3) is 3.13. The minimum absolute atomic E-state index is 0.0104. The van der Waals surface area contributed by atoms with Gasteiger partial charge in [0.15, 0.2) is 0 Å². The van der Waals surface area contributed by atoms with Crippen LogP contribution in [0.15, 0.2) is 132 Å². The van der Waals surface area contributed by atoms with Crippen LogP contribution in [0.2, 0.25) is 0 Å². The fraction of sp³-hybridized carbons (Fsp3) is 0.114. The maximum atomic E-state index is 5.34. The molecule has 1 heterocycles. The highest BCUT2D eigenvalue weighted by atomic mass is 15.4. The number of benzene rings is 5. The van der Waals surface area contributed by atoms with Crippen LogP contribution in [-0.4, -0.2) is 11.1 Å². The third-order valence-electron chi connectivity index (χ3n) is 8.35. The highest BCUT2D eigenvalue weighted by Gasteiger charge is 2.59. The van der Waals surface area contributed by atoms with E-state index in [9.17, 15) is 0 Å². The van der Waals surface area contributed by atoms with E-state index in [1.54, 1.807) is 0 Å².